The van der Waals surface area contributed by atoms with Crippen LogP contribution < -0.4 is 15.4 Å². The van der Waals surface area contributed by atoms with Gasteiger partial charge >= 0.3 is 0 Å². The van der Waals surface area contributed by atoms with E-state index in [9.17, 15) is 9.18 Å². The summed E-state index contributed by atoms with van der Waals surface area (Å²) in [5.74, 6) is 0.408. The van der Waals surface area contributed by atoms with Crippen LogP contribution in [0.4, 0.5) is 15.9 Å². The Kier molecular flexibility index (Phi) is 5.61. The third kappa shape index (κ3) is 4.78. The van der Waals surface area contributed by atoms with Crippen LogP contribution in [0, 0.1) is 12.7 Å². The number of hydrogen-bond donors (Lipinski definition) is 2. The number of hydrogen-bond acceptors (Lipinski definition) is 5. The number of halogens is 1. The van der Waals surface area contributed by atoms with Gasteiger partial charge in [-0.3, -0.25) is 4.79 Å². The number of nitrogens with zero attached hydrogens (tertiary/aromatic N) is 2. The number of anilines is 2. The minimum atomic E-state index is -0.369. The SMILES string of the molecule is COc1ccc(C)cc1NC(=O)c1cc(NCc2ccc(F)cc2)ncn1. The van der Waals surface area contributed by atoms with Crippen LogP contribution in [0.15, 0.2) is 54.9 Å². The summed E-state index contributed by atoms with van der Waals surface area (Å²) in [5.41, 5.74) is 2.68. The van der Waals surface area contributed by atoms with Crippen molar-refractivity contribution in [2.45, 2.75) is 13.5 Å². The number of rotatable bonds is 6. The van der Waals surface area contributed by atoms with E-state index < -0.39 is 0 Å². The maximum atomic E-state index is 13.0. The zero-order valence-corrected chi connectivity index (χ0v) is 15.0. The number of methoxy groups -OCH3 is 1. The summed E-state index contributed by atoms with van der Waals surface area (Å²) in [6.07, 6.45) is 1.31. The molecule has 27 heavy (non-hydrogen) atoms. The van der Waals surface area contributed by atoms with Gasteiger partial charge in [0.25, 0.3) is 5.91 Å². The summed E-state index contributed by atoms with van der Waals surface area (Å²) in [7, 11) is 1.54. The standard InChI is InChI=1S/C20H19FN4O2/c1-13-3-8-18(27-2)16(9-13)25-20(26)17-10-19(24-12-23-17)22-11-14-4-6-15(21)7-5-14/h3-10,12H,11H2,1-2H3,(H,25,26)(H,22,23,24). The molecule has 0 aliphatic carbocycles. The molecule has 1 heterocycles. The largest absolute Gasteiger partial charge is 0.495 e. The first kappa shape index (κ1) is 18.3. The van der Waals surface area contributed by atoms with E-state index in [1.54, 1.807) is 31.4 Å². The van der Waals surface area contributed by atoms with Crippen molar-refractivity contribution in [1.82, 2.24) is 9.97 Å². The van der Waals surface area contributed by atoms with Crippen LogP contribution in [0.5, 0.6) is 5.75 Å². The zero-order chi connectivity index (χ0) is 19.2. The number of aryl methyl sites for hydroxylation is 1. The van der Waals surface area contributed by atoms with Crippen molar-refractivity contribution in [3.63, 3.8) is 0 Å². The molecule has 2 N–H and O–H groups in total. The summed E-state index contributed by atoms with van der Waals surface area (Å²) in [6, 6.07) is 13.2. The molecule has 2 aromatic carbocycles. The van der Waals surface area contributed by atoms with Crippen molar-refractivity contribution in [2.75, 3.05) is 17.7 Å². The molecule has 0 fully saturated rings. The van der Waals surface area contributed by atoms with Crippen LogP contribution in [0.1, 0.15) is 21.6 Å². The average molecular weight is 366 g/mol. The monoisotopic (exact) mass is 366 g/mol. The van der Waals surface area contributed by atoms with Crippen LogP contribution >= 0.6 is 0 Å². The number of ether oxygens (including phenoxy) is 1. The van der Waals surface area contributed by atoms with E-state index in [0.29, 0.717) is 23.8 Å². The summed E-state index contributed by atoms with van der Waals surface area (Å²) >= 11 is 0. The van der Waals surface area contributed by atoms with Crippen LogP contribution in [-0.4, -0.2) is 23.0 Å². The topological polar surface area (TPSA) is 76.1 Å². The minimum Gasteiger partial charge on any atom is -0.495 e. The number of carbonyl (C=O) groups is 1. The van der Waals surface area contributed by atoms with Gasteiger partial charge in [0.1, 0.15) is 29.4 Å². The van der Waals surface area contributed by atoms with E-state index in [1.807, 2.05) is 19.1 Å². The molecule has 0 aliphatic rings. The van der Waals surface area contributed by atoms with Gasteiger partial charge in [-0.2, -0.15) is 0 Å². The van der Waals surface area contributed by atoms with E-state index in [-0.39, 0.29) is 17.4 Å². The van der Waals surface area contributed by atoms with Crippen molar-refractivity contribution in [1.29, 1.82) is 0 Å². The molecule has 1 amide bonds. The Morgan fingerprint density at radius 2 is 1.89 bits per heavy atom. The second-order valence-electron chi connectivity index (χ2n) is 5.93. The molecule has 1 aromatic heterocycles. The Labute approximate surface area is 156 Å². The van der Waals surface area contributed by atoms with E-state index >= 15 is 0 Å². The molecule has 3 rings (SSSR count). The molecule has 0 atom stereocenters. The molecule has 0 radical (unpaired) electrons. The van der Waals surface area contributed by atoms with Crippen molar-refractivity contribution in [3.05, 3.63) is 77.5 Å². The quantitative estimate of drug-likeness (QED) is 0.694. The Hall–Kier alpha value is -3.48. The van der Waals surface area contributed by atoms with Crippen molar-refractivity contribution >= 4 is 17.4 Å². The molecule has 0 aliphatic heterocycles. The highest BCUT2D eigenvalue weighted by Gasteiger charge is 2.12. The Balaban J connectivity index is 1.70. The first-order chi connectivity index (χ1) is 13.0. The van der Waals surface area contributed by atoms with Crippen LogP contribution in [0.3, 0.4) is 0 Å². The highest BCUT2D eigenvalue weighted by Crippen LogP contribution is 2.25. The van der Waals surface area contributed by atoms with Gasteiger partial charge in [0.15, 0.2) is 0 Å². The van der Waals surface area contributed by atoms with Crippen LogP contribution in [0.25, 0.3) is 0 Å². The van der Waals surface area contributed by atoms with Gasteiger partial charge in [-0.15, -0.1) is 0 Å². The maximum Gasteiger partial charge on any atom is 0.274 e. The molecule has 0 saturated carbocycles. The van der Waals surface area contributed by atoms with Gasteiger partial charge in [0.2, 0.25) is 0 Å². The average Bonchev–Trinajstić information content (AvgIpc) is 2.68. The molecule has 0 bridgehead atoms. The zero-order valence-electron chi connectivity index (χ0n) is 15.0. The first-order valence-corrected chi connectivity index (χ1v) is 8.31. The fraction of sp³-hybridized carbons (Fsp3) is 0.150. The first-order valence-electron chi connectivity index (χ1n) is 8.31. The fourth-order valence-corrected chi connectivity index (χ4v) is 2.48. The van der Waals surface area contributed by atoms with Gasteiger partial charge in [0.05, 0.1) is 12.8 Å². The predicted molar refractivity (Wildman–Crippen MR) is 101 cm³/mol. The molecule has 138 valence electrons. The van der Waals surface area contributed by atoms with Gasteiger partial charge < -0.3 is 15.4 Å². The van der Waals surface area contributed by atoms with E-state index in [4.69, 9.17) is 4.74 Å². The van der Waals surface area contributed by atoms with Crippen LogP contribution in [0.2, 0.25) is 0 Å². The second-order valence-corrected chi connectivity index (χ2v) is 5.93. The van der Waals surface area contributed by atoms with Gasteiger partial charge in [-0.05, 0) is 42.3 Å². The molecule has 0 saturated heterocycles. The molecule has 7 heteroatoms. The lowest BCUT2D eigenvalue weighted by molar-refractivity contribution is 0.102. The van der Waals surface area contributed by atoms with Gasteiger partial charge in [-0.1, -0.05) is 18.2 Å². The number of nitrogens with one attached hydrogen (secondary N) is 2. The Bertz CT molecular complexity index is 945. The van der Waals surface area contributed by atoms with Crippen molar-refractivity contribution in [3.8, 4) is 5.75 Å². The van der Waals surface area contributed by atoms with E-state index in [1.165, 1.54) is 18.5 Å². The van der Waals surface area contributed by atoms with Crippen molar-refractivity contribution < 1.29 is 13.9 Å². The Morgan fingerprint density at radius 1 is 1.11 bits per heavy atom. The molecular weight excluding hydrogens is 347 g/mol. The molecular formula is C20H19FN4O2. The lowest BCUT2D eigenvalue weighted by Gasteiger charge is -2.11. The van der Waals surface area contributed by atoms with E-state index in [0.717, 1.165) is 11.1 Å². The highest BCUT2D eigenvalue weighted by atomic mass is 19.1. The summed E-state index contributed by atoms with van der Waals surface area (Å²) in [6.45, 7) is 2.38. The number of benzene rings is 2. The van der Waals surface area contributed by atoms with E-state index in [2.05, 4.69) is 20.6 Å². The Morgan fingerprint density at radius 3 is 2.63 bits per heavy atom. The molecule has 0 unspecified atom stereocenters. The number of amides is 1. The molecule has 6 nitrogen and oxygen atoms in total. The normalized spacial score (nSPS) is 10.3. The van der Waals surface area contributed by atoms with Crippen LogP contribution in [-0.2, 0) is 6.54 Å². The maximum absolute atomic E-state index is 13.0. The fourth-order valence-electron chi connectivity index (χ4n) is 2.48. The molecule has 0 spiro atoms. The van der Waals surface area contributed by atoms with Crippen molar-refractivity contribution in [2.24, 2.45) is 0 Å². The number of aromatic nitrogens is 2. The summed E-state index contributed by atoms with van der Waals surface area (Å²) in [4.78, 5) is 20.7. The highest BCUT2D eigenvalue weighted by molar-refractivity contribution is 6.04. The third-order valence-electron chi connectivity index (χ3n) is 3.89. The molecule has 3 aromatic rings. The number of carbonyl (C=O) groups excluding carboxylic acids is 1. The smallest absolute Gasteiger partial charge is 0.274 e. The lowest BCUT2D eigenvalue weighted by atomic mass is 10.2. The third-order valence-corrected chi connectivity index (χ3v) is 3.89. The minimum absolute atomic E-state index is 0.218. The lowest BCUT2D eigenvalue weighted by Crippen LogP contribution is -2.15. The summed E-state index contributed by atoms with van der Waals surface area (Å²) in [5, 5.41) is 5.90. The second kappa shape index (κ2) is 8.27. The van der Waals surface area contributed by atoms with Gasteiger partial charge in [-0.25, -0.2) is 14.4 Å². The predicted octanol–water partition coefficient (Wildman–Crippen LogP) is 3.80. The van der Waals surface area contributed by atoms with Gasteiger partial charge in [0, 0.05) is 12.6 Å². The summed E-state index contributed by atoms with van der Waals surface area (Å²) < 4.78 is 18.2.